The van der Waals surface area contributed by atoms with E-state index < -0.39 is 5.97 Å². The van der Waals surface area contributed by atoms with Gasteiger partial charge in [0.1, 0.15) is 0 Å². The Morgan fingerprint density at radius 2 is 1.85 bits per heavy atom. The molecule has 0 fully saturated rings. The van der Waals surface area contributed by atoms with Crippen molar-refractivity contribution in [2.24, 2.45) is 0 Å². The van der Waals surface area contributed by atoms with E-state index in [9.17, 15) is 9.59 Å². The fourth-order valence-corrected chi connectivity index (χ4v) is 2.80. The van der Waals surface area contributed by atoms with E-state index in [4.69, 9.17) is 16.3 Å². The lowest BCUT2D eigenvalue weighted by molar-refractivity contribution is -0.111. The molecule has 0 heterocycles. The van der Waals surface area contributed by atoms with Gasteiger partial charge < -0.3 is 10.1 Å². The average Bonchev–Trinajstić information content (AvgIpc) is 2.67. The first kappa shape index (κ1) is 20.7. The fourth-order valence-electron chi connectivity index (χ4n) is 2.63. The SMILES string of the molecule is CCCCCc1ccc(C=CC(=O)Nc2cc(Cl)ccc2C(=O)OC)cc1. The molecule has 2 aromatic carbocycles. The molecule has 2 rings (SSSR count). The Labute approximate surface area is 165 Å². The molecule has 27 heavy (non-hydrogen) atoms. The highest BCUT2D eigenvalue weighted by molar-refractivity contribution is 6.31. The lowest BCUT2D eigenvalue weighted by Crippen LogP contribution is -2.13. The Balaban J connectivity index is 2.01. The van der Waals surface area contributed by atoms with Gasteiger partial charge in [0.05, 0.1) is 18.4 Å². The molecule has 0 saturated heterocycles. The molecule has 0 aliphatic heterocycles. The molecule has 5 heteroatoms. The maximum absolute atomic E-state index is 12.2. The Bertz CT molecular complexity index is 813. The van der Waals surface area contributed by atoms with Crippen LogP contribution in [-0.2, 0) is 16.0 Å². The van der Waals surface area contributed by atoms with Crippen LogP contribution in [0.15, 0.2) is 48.5 Å². The van der Waals surface area contributed by atoms with Crippen LogP contribution in [0.5, 0.6) is 0 Å². The predicted molar refractivity (Wildman–Crippen MR) is 110 cm³/mol. The van der Waals surface area contributed by atoms with Crippen molar-refractivity contribution in [3.63, 3.8) is 0 Å². The molecule has 0 radical (unpaired) electrons. The number of anilines is 1. The number of ether oxygens (including phenoxy) is 1. The first-order valence-electron chi connectivity index (χ1n) is 8.99. The van der Waals surface area contributed by atoms with Crippen molar-refractivity contribution in [2.75, 3.05) is 12.4 Å². The summed E-state index contributed by atoms with van der Waals surface area (Å²) >= 11 is 5.96. The number of carbonyl (C=O) groups is 2. The van der Waals surface area contributed by atoms with Crippen molar-refractivity contribution < 1.29 is 14.3 Å². The summed E-state index contributed by atoms with van der Waals surface area (Å²) in [5.41, 5.74) is 2.80. The van der Waals surface area contributed by atoms with Crippen molar-refractivity contribution >= 4 is 35.2 Å². The number of hydrogen-bond donors (Lipinski definition) is 1. The van der Waals surface area contributed by atoms with Gasteiger partial charge in [0.2, 0.25) is 5.91 Å². The highest BCUT2D eigenvalue weighted by Gasteiger charge is 2.13. The van der Waals surface area contributed by atoms with Crippen LogP contribution in [0, 0.1) is 0 Å². The lowest BCUT2D eigenvalue weighted by Gasteiger charge is -2.08. The van der Waals surface area contributed by atoms with Crippen molar-refractivity contribution in [1.82, 2.24) is 0 Å². The van der Waals surface area contributed by atoms with Gasteiger partial charge in [-0.05, 0) is 48.2 Å². The van der Waals surface area contributed by atoms with Crippen LogP contribution in [0.1, 0.15) is 47.7 Å². The molecule has 0 saturated carbocycles. The normalized spacial score (nSPS) is 10.8. The van der Waals surface area contributed by atoms with E-state index in [-0.39, 0.29) is 11.5 Å². The standard InChI is InChI=1S/C22H24ClNO3/c1-3-4-5-6-16-7-9-17(10-8-16)11-14-21(25)24-20-15-18(23)12-13-19(20)22(26)27-2/h7-15H,3-6H2,1-2H3,(H,24,25). The number of carbonyl (C=O) groups excluding carboxylic acids is 2. The molecule has 0 aliphatic carbocycles. The summed E-state index contributed by atoms with van der Waals surface area (Å²) in [5, 5.41) is 3.09. The zero-order valence-corrected chi connectivity index (χ0v) is 16.4. The van der Waals surface area contributed by atoms with Crippen LogP contribution in [0.3, 0.4) is 0 Å². The third kappa shape index (κ3) is 6.57. The van der Waals surface area contributed by atoms with E-state index in [2.05, 4.69) is 24.4 Å². The Kier molecular flexibility index (Phi) is 8.08. The van der Waals surface area contributed by atoms with E-state index in [0.29, 0.717) is 10.7 Å². The van der Waals surface area contributed by atoms with Gasteiger partial charge in [0.25, 0.3) is 0 Å². The van der Waals surface area contributed by atoms with E-state index in [1.165, 1.54) is 50.1 Å². The second-order valence-corrected chi connectivity index (χ2v) is 6.64. The summed E-state index contributed by atoms with van der Waals surface area (Å²) < 4.78 is 4.72. The van der Waals surface area contributed by atoms with Crippen molar-refractivity contribution in [1.29, 1.82) is 0 Å². The topological polar surface area (TPSA) is 55.4 Å². The average molecular weight is 386 g/mol. The number of benzene rings is 2. The predicted octanol–water partition coefficient (Wildman–Crippen LogP) is 5.51. The molecule has 142 valence electrons. The number of nitrogens with one attached hydrogen (secondary N) is 1. The molecule has 1 N–H and O–H groups in total. The zero-order valence-electron chi connectivity index (χ0n) is 15.6. The summed E-state index contributed by atoms with van der Waals surface area (Å²) in [6, 6.07) is 12.8. The Morgan fingerprint density at radius 3 is 2.52 bits per heavy atom. The van der Waals surface area contributed by atoms with Gasteiger partial charge >= 0.3 is 5.97 Å². The summed E-state index contributed by atoms with van der Waals surface area (Å²) in [4.78, 5) is 24.0. The van der Waals surface area contributed by atoms with Crippen LogP contribution in [-0.4, -0.2) is 19.0 Å². The van der Waals surface area contributed by atoms with Gasteiger partial charge in [0, 0.05) is 11.1 Å². The summed E-state index contributed by atoms with van der Waals surface area (Å²) in [6.07, 6.45) is 7.86. The number of amides is 1. The Morgan fingerprint density at radius 1 is 1.11 bits per heavy atom. The summed E-state index contributed by atoms with van der Waals surface area (Å²) in [5.74, 6) is -0.890. The van der Waals surface area contributed by atoms with Gasteiger partial charge in [-0.25, -0.2) is 4.79 Å². The van der Waals surface area contributed by atoms with Crippen molar-refractivity contribution in [3.05, 3.63) is 70.3 Å². The third-order valence-corrected chi connectivity index (χ3v) is 4.36. The molecule has 0 spiro atoms. The minimum absolute atomic E-state index is 0.250. The minimum atomic E-state index is -0.537. The van der Waals surface area contributed by atoms with Gasteiger partial charge in [-0.15, -0.1) is 0 Å². The largest absolute Gasteiger partial charge is 0.465 e. The van der Waals surface area contributed by atoms with Crippen LogP contribution in [0.25, 0.3) is 6.08 Å². The second kappa shape index (κ2) is 10.5. The highest BCUT2D eigenvalue weighted by Crippen LogP contribution is 2.22. The molecular formula is C22H24ClNO3. The van der Waals surface area contributed by atoms with Crippen molar-refractivity contribution in [3.8, 4) is 0 Å². The maximum Gasteiger partial charge on any atom is 0.339 e. The third-order valence-electron chi connectivity index (χ3n) is 4.12. The number of esters is 1. The smallest absolute Gasteiger partial charge is 0.339 e. The first-order valence-corrected chi connectivity index (χ1v) is 9.37. The number of unbranched alkanes of at least 4 members (excludes halogenated alkanes) is 2. The summed E-state index contributed by atoms with van der Waals surface area (Å²) in [6.45, 7) is 2.19. The Hall–Kier alpha value is -2.59. The molecule has 0 aromatic heterocycles. The zero-order chi connectivity index (χ0) is 19.6. The minimum Gasteiger partial charge on any atom is -0.465 e. The maximum atomic E-state index is 12.2. The number of halogens is 1. The van der Waals surface area contributed by atoms with Crippen LogP contribution in [0.2, 0.25) is 5.02 Å². The van der Waals surface area contributed by atoms with Gasteiger partial charge in [-0.1, -0.05) is 55.6 Å². The monoisotopic (exact) mass is 385 g/mol. The quantitative estimate of drug-likeness (QED) is 0.370. The fraction of sp³-hybridized carbons (Fsp3) is 0.273. The number of aryl methyl sites for hydroxylation is 1. The van der Waals surface area contributed by atoms with Crippen LogP contribution in [0.4, 0.5) is 5.69 Å². The molecule has 0 aliphatic rings. The number of hydrogen-bond acceptors (Lipinski definition) is 3. The molecular weight excluding hydrogens is 362 g/mol. The van der Waals surface area contributed by atoms with E-state index >= 15 is 0 Å². The van der Waals surface area contributed by atoms with Crippen LogP contribution >= 0.6 is 11.6 Å². The molecule has 2 aromatic rings. The first-order chi connectivity index (χ1) is 13.0. The molecule has 0 atom stereocenters. The number of rotatable bonds is 8. The number of methoxy groups -OCH3 is 1. The van der Waals surface area contributed by atoms with Crippen LogP contribution < -0.4 is 5.32 Å². The lowest BCUT2D eigenvalue weighted by atomic mass is 10.1. The van der Waals surface area contributed by atoms with Gasteiger partial charge in [-0.2, -0.15) is 0 Å². The van der Waals surface area contributed by atoms with E-state index in [1.54, 1.807) is 12.1 Å². The molecule has 0 bridgehead atoms. The summed E-state index contributed by atoms with van der Waals surface area (Å²) in [7, 11) is 1.29. The molecule has 1 amide bonds. The van der Waals surface area contributed by atoms with Gasteiger partial charge in [-0.3, -0.25) is 4.79 Å². The highest BCUT2D eigenvalue weighted by atomic mass is 35.5. The van der Waals surface area contributed by atoms with Gasteiger partial charge in [0.15, 0.2) is 0 Å². The molecule has 4 nitrogen and oxygen atoms in total. The second-order valence-electron chi connectivity index (χ2n) is 6.20. The molecule has 0 unspecified atom stereocenters. The van der Waals surface area contributed by atoms with E-state index in [0.717, 1.165) is 12.0 Å². The van der Waals surface area contributed by atoms with Crippen molar-refractivity contribution in [2.45, 2.75) is 32.6 Å². The van der Waals surface area contributed by atoms with E-state index in [1.807, 2.05) is 12.1 Å².